The molecule has 2 fully saturated rings. The average Bonchev–Trinajstić information content (AvgIpc) is 2.79. The zero-order chi connectivity index (χ0) is 20.2. The summed E-state index contributed by atoms with van der Waals surface area (Å²) in [6.45, 7) is 6.83. The van der Waals surface area contributed by atoms with Crippen LogP contribution in [0.5, 0.6) is 0 Å². The molecule has 1 saturated heterocycles. The lowest BCUT2D eigenvalue weighted by molar-refractivity contribution is -0.139. The molecule has 0 atom stereocenters. The summed E-state index contributed by atoms with van der Waals surface area (Å²) in [7, 11) is 0. The summed E-state index contributed by atoms with van der Waals surface area (Å²) in [6.07, 6.45) is 4.90. The largest absolute Gasteiger partial charge is 0.340 e. The van der Waals surface area contributed by atoms with Crippen LogP contribution in [-0.4, -0.2) is 59.3 Å². The van der Waals surface area contributed by atoms with Crippen molar-refractivity contribution in [3.63, 3.8) is 0 Å². The number of para-hydroxylation sites is 1. The third kappa shape index (κ3) is 4.42. The number of nitrogens with one attached hydrogen (secondary N) is 1. The maximum Gasteiger partial charge on any atom is 0.227 e. The van der Waals surface area contributed by atoms with E-state index in [0.29, 0.717) is 0 Å². The van der Waals surface area contributed by atoms with Gasteiger partial charge in [-0.1, -0.05) is 25.1 Å². The zero-order valence-electron chi connectivity index (χ0n) is 17.1. The fourth-order valence-electron chi connectivity index (χ4n) is 4.59. The number of hydrogen-bond acceptors (Lipinski definition) is 4. The molecule has 1 N–H and O–H groups in total. The van der Waals surface area contributed by atoms with Crippen LogP contribution >= 0.6 is 0 Å². The van der Waals surface area contributed by atoms with Crippen LogP contribution in [0.4, 0.5) is 5.69 Å². The number of piperazine rings is 1. The monoisotopic (exact) mass is 394 g/mol. The van der Waals surface area contributed by atoms with Crippen molar-refractivity contribution in [1.82, 2.24) is 14.8 Å². The summed E-state index contributed by atoms with van der Waals surface area (Å²) in [6, 6.07) is 9.73. The first-order valence-electron chi connectivity index (χ1n) is 10.8. The van der Waals surface area contributed by atoms with E-state index in [9.17, 15) is 9.59 Å². The van der Waals surface area contributed by atoms with Gasteiger partial charge in [0, 0.05) is 49.6 Å². The average molecular weight is 395 g/mol. The van der Waals surface area contributed by atoms with E-state index >= 15 is 0 Å². The number of anilines is 1. The minimum atomic E-state index is -0.0324. The van der Waals surface area contributed by atoms with Gasteiger partial charge in [-0.25, -0.2) is 0 Å². The second kappa shape index (κ2) is 8.91. The van der Waals surface area contributed by atoms with Crippen molar-refractivity contribution in [2.45, 2.75) is 32.6 Å². The van der Waals surface area contributed by atoms with Crippen LogP contribution in [0.15, 0.2) is 36.5 Å². The van der Waals surface area contributed by atoms with Gasteiger partial charge in [-0.2, -0.15) is 0 Å². The summed E-state index contributed by atoms with van der Waals surface area (Å²) in [5.74, 6) is 0.380. The van der Waals surface area contributed by atoms with E-state index in [1.54, 1.807) is 6.20 Å². The Morgan fingerprint density at radius 2 is 1.69 bits per heavy atom. The molecule has 0 unspecified atom stereocenters. The maximum absolute atomic E-state index is 12.9. The van der Waals surface area contributed by atoms with E-state index in [1.165, 1.54) is 0 Å². The Morgan fingerprint density at radius 1 is 1.00 bits per heavy atom. The van der Waals surface area contributed by atoms with Gasteiger partial charge < -0.3 is 15.1 Å². The van der Waals surface area contributed by atoms with Gasteiger partial charge in [0.15, 0.2) is 0 Å². The highest BCUT2D eigenvalue weighted by molar-refractivity contribution is 6.01. The quantitative estimate of drug-likeness (QED) is 0.865. The molecule has 1 aromatic carbocycles. The van der Waals surface area contributed by atoms with E-state index in [1.807, 2.05) is 35.2 Å². The molecule has 1 saturated carbocycles. The molecule has 1 aromatic heterocycles. The van der Waals surface area contributed by atoms with Crippen LogP contribution in [0.25, 0.3) is 10.9 Å². The number of rotatable bonds is 4. The summed E-state index contributed by atoms with van der Waals surface area (Å²) in [5, 5.41) is 4.09. The lowest BCUT2D eigenvalue weighted by Crippen LogP contribution is -2.50. The highest BCUT2D eigenvalue weighted by Gasteiger charge is 2.33. The zero-order valence-corrected chi connectivity index (χ0v) is 17.1. The third-order valence-electron chi connectivity index (χ3n) is 6.47. The first-order chi connectivity index (χ1) is 14.2. The van der Waals surface area contributed by atoms with Crippen molar-refractivity contribution >= 4 is 28.4 Å². The molecule has 0 spiro atoms. The second-order valence-electron chi connectivity index (χ2n) is 8.18. The molecule has 2 heterocycles. The number of pyridine rings is 1. The van der Waals surface area contributed by atoms with Crippen LogP contribution in [0, 0.1) is 11.8 Å². The first-order valence-corrected chi connectivity index (χ1v) is 10.8. The smallest absolute Gasteiger partial charge is 0.227 e. The fraction of sp³-hybridized carbons (Fsp3) is 0.522. The molecule has 4 rings (SSSR count). The number of carbonyl (C=O) groups is 2. The summed E-state index contributed by atoms with van der Waals surface area (Å²) >= 11 is 0. The topological polar surface area (TPSA) is 65.5 Å². The van der Waals surface area contributed by atoms with Crippen LogP contribution in [0.1, 0.15) is 32.6 Å². The van der Waals surface area contributed by atoms with Gasteiger partial charge in [-0.15, -0.1) is 0 Å². The molecular weight excluding hydrogens is 364 g/mol. The molecule has 154 valence electrons. The number of hydrogen-bond donors (Lipinski definition) is 1. The Hall–Kier alpha value is -2.47. The minimum Gasteiger partial charge on any atom is -0.340 e. The number of aromatic nitrogens is 1. The highest BCUT2D eigenvalue weighted by atomic mass is 16.2. The molecule has 2 aliphatic rings. The van der Waals surface area contributed by atoms with Crippen LogP contribution in [-0.2, 0) is 9.59 Å². The van der Waals surface area contributed by atoms with Gasteiger partial charge in [0.05, 0.1) is 11.2 Å². The highest BCUT2D eigenvalue weighted by Crippen LogP contribution is 2.32. The van der Waals surface area contributed by atoms with Crippen molar-refractivity contribution in [1.29, 1.82) is 0 Å². The Labute approximate surface area is 172 Å². The standard InChI is InChI=1S/C23H30N4O2/c1-2-26-13-15-27(16-14-26)23(29)19-10-8-18(9-11-19)22(28)25-20-7-3-5-17-6-4-12-24-21(17)20/h3-7,12,18-19H,2,8-11,13-16H2,1H3,(H,25,28). The molecule has 0 radical (unpaired) electrons. The third-order valence-corrected chi connectivity index (χ3v) is 6.47. The van der Waals surface area contributed by atoms with Gasteiger partial charge >= 0.3 is 0 Å². The molecule has 29 heavy (non-hydrogen) atoms. The molecule has 1 aliphatic carbocycles. The number of likely N-dealkylation sites (N-methyl/N-ethyl adjacent to an activating group) is 1. The van der Waals surface area contributed by atoms with Gasteiger partial charge in [0.2, 0.25) is 11.8 Å². The Balaban J connectivity index is 1.31. The predicted octanol–water partition coefficient (Wildman–Crippen LogP) is 3.14. The van der Waals surface area contributed by atoms with Gasteiger partial charge in [0.25, 0.3) is 0 Å². The summed E-state index contributed by atoms with van der Waals surface area (Å²) in [4.78, 5) is 34.5. The number of amides is 2. The van der Waals surface area contributed by atoms with Gasteiger partial charge in [-0.3, -0.25) is 14.6 Å². The van der Waals surface area contributed by atoms with Crippen LogP contribution < -0.4 is 5.32 Å². The van der Waals surface area contributed by atoms with Crippen molar-refractivity contribution in [3.05, 3.63) is 36.5 Å². The molecule has 6 heteroatoms. The molecule has 2 aromatic rings. The van der Waals surface area contributed by atoms with Crippen LogP contribution in [0.3, 0.4) is 0 Å². The van der Waals surface area contributed by atoms with Crippen molar-refractivity contribution < 1.29 is 9.59 Å². The van der Waals surface area contributed by atoms with E-state index in [2.05, 4.69) is 22.1 Å². The van der Waals surface area contributed by atoms with Crippen LogP contribution in [0.2, 0.25) is 0 Å². The Morgan fingerprint density at radius 3 is 2.41 bits per heavy atom. The molecule has 2 amide bonds. The SMILES string of the molecule is CCN1CCN(C(=O)C2CCC(C(=O)Nc3cccc4cccnc34)CC2)CC1. The number of benzene rings is 1. The Kier molecular flexibility index (Phi) is 6.09. The van der Waals surface area contributed by atoms with E-state index in [-0.39, 0.29) is 23.7 Å². The van der Waals surface area contributed by atoms with Crippen molar-refractivity contribution in [2.24, 2.45) is 11.8 Å². The summed E-state index contributed by atoms with van der Waals surface area (Å²) in [5.41, 5.74) is 1.58. The molecule has 1 aliphatic heterocycles. The first kappa shape index (κ1) is 19.8. The number of fused-ring (bicyclic) bond motifs is 1. The number of carbonyl (C=O) groups excluding carboxylic acids is 2. The minimum absolute atomic E-state index is 0.0324. The predicted molar refractivity (Wildman–Crippen MR) is 115 cm³/mol. The molecule has 6 nitrogen and oxygen atoms in total. The van der Waals surface area contributed by atoms with E-state index < -0.39 is 0 Å². The summed E-state index contributed by atoms with van der Waals surface area (Å²) < 4.78 is 0. The maximum atomic E-state index is 12.9. The normalized spacial score (nSPS) is 23.1. The second-order valence-corrected chi connectivity index (χ2v) is 8.18. The van der Waals surface area contributed by atoms with E-state index in [4.69, 9.17) is 0 Å². The number of nitrogens with zero attached hydrogens (tertiary/aromatic N) is 3. The van der Waals surface area contributed by atoms with E-state index in [0.717, 1.165) is 75.0 Å². The van der Waals surface area contributed by atoms with Gasteiger partial charge in [-0.05, 0) is 44.4 Å². The molecular formula is C23H30N4O2. The van der Waals surface area contributed by atoms with Crippen molar-refractivity contribution in [3.8, 4) is 0 Å². The lowest BCUT2D eigenvalue weighted by Gasteiger charge is -2.37. The molecule has 0 bridgehead atoms. The lowest BCUT2D eigenvalue weighted by atomic mass is 9.80. The Bertz CT molecular complexity index is 863. The van der Waals surface area contributed by atoms with Crippen molar-refractivity contribution in [2.75, 3.05) is 38.0 Å². The fourth-order valence-corrected chi connectivity index (χ4v) is 4.59. The van der Waals surface area contributed by atoms with Gasteiger partial charge in [0.1, 0.15) is 0 Å².